The first-order valence-corrected chi connectivity index (χ1v) is 11.4. The van der Waals surface area contributed by atoms with E-state index in [0.29, 0.717) is 53.2 Å². The van der Waals surface area contributed by atoms with Gasteiger partial charge in [0, 0.05) is 36.6 Å². The van der Waals surface area contributed by atoms with Crippen molar-refractivity contribution in [2.24, 2.45) is 5.92 Å². The van der Waals surface area contributed by atoms with Gasteiger partial charge in [-0.05, 0) is 55.3 Å². The van der Waals surface area contributed by atoms with Crippen LogP contribution in [0.4, 0.5) is 5.69 Å². The fraction of sp³-hybridized carbons (Fsp3) is 0.240. The van der Waals surface area contributed by atoms with E-state index in [2.05, 4.69) is 10.3 Å². The molecule has 6 nitrogen and oxygen atoms in total. The largest absolute Gasteiger partial charge is 0.487 e. The fourth-order valence-electron chi connectivity index (χ4n) is 3.74. The first-order valence-electron chi connectivity index (χ1n) is 10.7. The fourth-order valence-corrected chi connectivity index (χ4v) is 4.03. The first kappa shape index (κ1) is 23.1. The van der Waals surface area contributed by atoms with Crippen molar-refractivity contribution >= 4 is 40.7 Å². The van der Waals surface area contributed by atoms with Gasteiger partial charge in [-0.3, -0.25) is 14.6 Å². The van der Waals surface area contributed by atoms with E-state index < -0.39 is 0 Å². The molecule has 1 saturated heterocycles. The van der Waals surface area contributed by atoms with Gasteiger partial charge >= 0.3 is 0 Å². The molecule has 3 aromatic rings. The number of hydrogen-bond donors (Lipinski definition) is 1. The molecule has 1 aliphatic rings. The summed E-state index contributed by atoms with van der Waals surface area (Å²) in [5, 5.41) is 3.69. The minimum absolute atomic E-state index is 0.122. The van der Waals surface area contributed by atoms with Crippen molar-refractivity contribution < 1.29 is 14.3 Å². The molecule has 2 heterocycles. The number of pyridine rings is 1. The van der Waals surface area contributed by atoms with Gasteiger partial charge in [0.1, 0.15) is 12.4 Å². The Morgan fingerprint density at radius 3 is 2.73 bits per heavy atom. The number of carbonyl (C=O) groups is 2. The molecule has 4 rings (SSSR count). The van der Waals surface area contributed by atoms with E-state index in [1.165, 1.54) is 0 Å². The second kappa shape index (κ2) is 10.7. The Morgan fingerprint density at radius 1 is 1.06 bits per heavy atom. The molecule has 1 aliphatic heterocycles. The van der Waals surface area contributed by atoms with E-state index in [1.54, 1.807) is 35.4 Å². The summed E-state index contributed by atoms with van der Waals surface area (Å²) in [7, 11) is 0. The Bertz CT molecular complexity index is 1140. The number of aromatic nitrogens is 1. The van der Waals surface area contributed by atoms with Crippen LogP contribution in [0.1, 0.15) is 28.9 Å². The molecule has 170 valence electrons. The number of carbonyl (C=O) groups excluding carboxylic acids is 2. The number of halogens is 2. The summed E-state index contributed by atoms with van der Waals surface area (Å²) >= 11 is 12.0. The van der Waals surface area contributed by atoms with Crippen molar-refractivity contribution in [3.63, 3.8) is 0 Å². The number of piperidine rings is 1. The van der Waals surface area contributed by atoms with Crippen LogP contribution in [-0.4, -0.2) is 34.8 Å². The van der Waals surface area contributed by atoms with Gasteiger partial charge in [0.15, 0.2) is 0 Å². The molecular formula is C25H23Cl2N3O3. The van der Waals surface area contributed by atoms with Gasteiger partial charge in [0.25, 0.3) is 5.91 Å². The summed E-state index contributed by atoms with van der Waals surface area (Å²) in [4.78, 5) is 31.7. The lowest BCUT2D eigenvalue weighted by Gasteiger charge is -2.32. The van der Waals surface area contributed by atoms with E-state index in [-0.39, 0.29) is 17.7 Å². The lowest BCUT2D eigenvalue weighted by Crippen LogP contribution is -2.43. The Morgan fingerprint density at radius 2 is 1.94 bits per heavy atom. The van der Waals surface area contributed by atoms with Crippen LogP contribution < -0.4 is 10.1 Å². The van der Waals surface area contributed by atoms with E-state index in [1.807, 2.05) is 36.4 Å². The van der Waals surface area contributed by atoms with Gasteiger partial charge in [-0.25, -0.2) is 0 Å². The number of benzene rings is 2. The van der Waals surface area contributed by atoms with E-state index in [4.69, 9.17) is 27.9 Å². The quantitative estimate of drug-likeness (QED) is 0.505. The van der Waals surface area contributed by atoms with Crippen molar-refractivity contribution in [1.82, 2.24) is 9.88 Å². The second-order valence-electron chi connectivity index (χ2n) is 7.85. The molecule has 0 aliphatic carbocycles. The molecule has 0 saturated carbocycles. The third kappa shape index (κ3) is 6.03. The first-order chi connectivity index (χ1) is 16.0. The summed E-state index contributed by atoms with van der Waals surface area (Å²) < 4.78 is 5.79. The van der Waals surface area contributed by atoms with Gasteiger partial charge in [0.2, 0.25) is 5.91 Å². The van der Waals surface area contributed by atoms with Crippen LogP contribution in [0.2, 0.25) is 10.0 Å². The number of ether oxygens (including phenoxy) is 1. The lowest BCUT2D eigenvalue weighted by atomic mass is 9.96. The van der Waals surface area contributed by atoms with Crippen LogP contribution in [0.25, 0.3) is 0 Å². The van der Waals surface area contributed by atoms with Crippen LogP contribution in [0.5, 0.6) is 5.75 Å². The van der Waals surface area contributed by atoms with Gasteiger partial charge < -0.3 is 15.0 Å². The summed E-state index contributed by atoms with van der Waals surface area (Å²) in [5.41, 5.74) is 1.93. The monoisotopic (exact) mass is 483 g/mol. The van der Waals surface area contributed by atoms with Crippen molar-refractivity contribution in [1.29, 1.82) is 0 Å². The van der Waals surface area contributed by atoms with Gasteiger partial charge in [-0.1, -0.05) is 35.3 Å². The minimum Gasteiger partial charge on any atom is -0.487 e. The number of nitrogens with zero attached hydrogens (tertiary/aromatic N) is 2. The zero-order valence-electron chi connectivity index (χ0n) is 17.8. The maximum atomic E-state index is 12.9. The van der Waals surface area contributed by atoms with Gasteiger partial charge in [-0.15, -0.1) is 0 Å². The average Bonchev–Trinajstić information content (AvgIpc) is 2.85. The second-order valence-corrected chi connectivity index (χ2v) is 8.66. The zero-order chi connectivity index (χ0) is 23.2. The molecule has 1 atom stereocenters. The molecule has 0 bridgehead atoms. The molecule has 8 heteroatoms. The molecule has 0 spiro atoms. The van der Waals surface area contributed by atoms with Crippen molar-refractivity contribution in [3.8, 4) is 5.75 Å². The van der Waals surface area contributed by atoms with E-state index in [0.717, 1.165) is 12.1 Å². The van der Waals surface area contributed by atoms with E-state index >= 15 is 0 Å². The summed E-state index contributed by atoms with van der Waals surface area (Å²) in [6, 6.07) is 17.7. The smallest absolute Gasteiger partial charge is 0.253 e. The molecule has 0 radical (unpaired) electrons. The highest BCUT2D eigenvalue weighted by Crippen LogP contribution is 2.26. The number of anilines is 1. The van der Waals surface area contributed by atoms with Gasteiger partial charge in [-0.2, -0.15) is 0 Å². The van der Waals surface area contributed by atoms with Crippen molar-refractivity contribution in [2.75, 3.05) is 18.4 Å². The third-order valence-corrected chi connectivity index (χ3v) is 6.20. The predicted octanol–water partition coefficient (Wildman–Crippen LogP) is 5.46. The number of nitrogens with one attached hydrogen (secondary N) is 1. The van der Waals surface area contributed by atoms with E-state index in [9.17, 15) is 9.59 Å². The topological polar surface area (TPSA) is 71.5 Å². The SMILES string of the molecule is O=C(Nc1cccc(OCc2ccccn2)c1)C1CCCN(C(=O)c2ccc(Cl)c(Cl)c2)C1. The standard InChI is InChI=1S/C25H23Cl2N3O3/c26-22-10-9-17(13-23(22)27)25(32)30-12-4-5-18(15-30)24(31)29-19-7-3-8-21(14-19)33-16-20-6-1-2-11-28-20/h1-3,6-11,13-14,18H,4-5,12,15-16H2,(H,29,31). The van der Waals surface area contributed by atoms with Crippen LogP contribution in [0.3, 0.4) is 0 Å². The molecule has 1 unspecified atom stereocenters. The number of rotatable bonds is 6. The van der Waals surface area contributed by atoms with Crippen LogP contribution in [0.15, 0.2) is 66.9 Å². The molecule has 2 aromatic carbocycles. The Hall–Kier alpha value is -3.09. The maximum absolute atomic E-state index is 12.9. The molecule has 1 fully saturated rings. The van der Waals surface area contributed by atoms with Crippen LogP contribution in [-0.2, 0) is 11.4 Å². The number of amides is 2. The number of hydrogen-bond acceptors (Lipinski definition) is 4. The highest BCUT2D eigenvalue weighted by Gasteiger charge is 2.29. The summed E-state index contributed by atoms with van der Waals surface area (Å²) in [5.74, 6) is 0.0570. The summed E-state index contributed by atoms with van der Waals surface area (Å²) in [6.45, 7) is 1.28. The Labute approximate surface area is 202 Å². The number of likely N-dealkylation sites (tertiary alicyclic amines) is 1. The molecule has 1 aromatic heterocycles. The molecule has 2 amide bonds. The summed E-state index contributed by atoms with van der Waals surface area (Å²) in [6.07, 6.45) is 3.18. The molecular weight excluding hydrogens is 461 g/mol. The highest BCUT2D eigenvalue weighted by molar-refractivity contribution is 6.42. The normalized spacial score (nSPS) is 15.7. The average molecular weight is 484 g/mol. The zero-order valence-corrected chi connectivity index (χ0v) is 19.4. The Kier molecular flexibility index (Phi) is 7.47. The lowest BCUT2D eigenvalue weighted by molar-refractivity contribution is -0.121. The van der Waals surface area contributed by atoms with Crippen LogP contribution in [0, 0.1) is 5.92 Å². The highest BCUT2D eigenvalue weighted by atomic mass is 35.5. The Balaban J connectivity index is 1.36. The minimum atomic E-state index is -0.302. The van der Waals surface area contributed by atoms with Gasteiger partial charge in [0.05, 0.1) is 21.7 Å². The van der Waals surface area contributed by atoms with Crippen molar-refractivity contribution in [2.45, 2.75) is 19.4 Å². The molecule has 33 heavy (non-hydrogen) atoms. The third-order valence-electron chi connectivity index (χ3n) is 5.46. The maximum Gasteiger partial charge on any atom is 0.253 e. The molecule has 1 N–H and O–H groups in total. The van der Waals surface area contributed by atoms with Crippen molar-refractivity contribution in [3.05, 3.63) is 88.2 Å². The predicted molar refractivity (Wildman–Crippen MR) is 129 cm³/mol. The van der Waals surface area contributed by atoms with Crippen LogP contribution >= 0.6 is 23.2 Å².